The van der Waals surface area contributed by atoms with Gasteiger partial charge in [0, 0.05) is 35.7 Å². The Hall–Kier alpha value is -3.48. The second kappa shape index (κ2) is 9.98. The lowest BCUT2D eigenvalue weighted by molar-refractivity contribution is -0.139. The van der Waals surface area contributed by atoms with Crippen molar-refractivity contribution in [2.24, 2.45) is 0 Å². The SMILES string of the molecule is Cc1cc(C(=O)NC2CCCCC2)ccc1NC(=O)c1ccc(CN2C(=O)CCC2=O)cc1. The van der Waals surface area contributed by atoms with E-state index in [1.165, 1.54) is 11.3 Å². The number of imide groups is 1. The van der Waals surface area contributed by atoms with E-state index >= 15 is 0 Å². The summed E-state index contributed by atoms with van der Waals surface area (Å²) in [5.74, 6) is -0.660. The van der Waals surface area contributed by atoms with Crippen LogP contribution in [-0.4, -0.2) is 34.6 Å². The van der Waals surface area contributed by atoms with Crippen LogP contribution in [0, 0.1) is 6.92 Å². The normalized spacial score (nSPS) is 16.7. The molecule has 7 heteroatoms. The summed E-state index contributed by atoms with van der Waals surface area (Å²) in [6.45, 7) is 2.09. The van der Waals surface area contributed by atoms with Crippen LogP contribution in [-0.2, 0) is 16.1 Å². The summed E-state index contributed by atoms with van der Waals surface area (Å²) in [5, 5.41) is 6.00. The number of hydrogen-bond acceptors (Lipinski definition) is 4. The predicted molar refractivity (Wildman–Crippen MR) is 125 cm³/mol. The predicted octanol–water partition coefficient (Wildman–Crippen LogP) is 3.96. The molecule has 1 saturated carbocycles. The Morgan fingerprint density at radius 2 is 1.52 bits per heavy atom. The van der Waals surface area contributed by atoms with E-state index in [0.717, 1.165) is 36.8 Å². The Labute approximate surface area is 193 Å². The highest BCUT2D eigenvalue weighted by molar-refractivity contribution is 6.05. The van der Waals surface area contributed by atoms with Gasteiger partial charge >= 0.3 is 0 Å². The van der Waals surface area contributed by atoms with E-state index in [1.807, 2.05) is 6.92 Å². The highest BCUT2D eigenvalue weighted by Gasteiger charge is 2.28. The van der Waals surface area contributed by atoms with Gasteiger partial charge < -0.3 is 10.6 Å². The molecule has 0 radical (unpaired) electrons. The lowest BCUT2D eigenvalue weighted by Crippen LogP contribution is -2.36. The van der Waals surface area contributed by atoms with Crippen LogP contribution in [0.25, 0.3) is 0 Å². The second-order valence-corrected chi connectivity index (χ2v) is 8.86. The molecule has 1 aliphatic heterocycles. The smallest absolute Gasteiger partial charge is 0.255 e. The van der Waals surface area contributed by atoms with Crippen molar-refractivity contribution in [3.63, 3.8) is 0 Å². The molecule has 2 aromatic rings. The van der Waals surface area contributed by atoms with E-state index < -0.39 is 0 Å². The van der Waals surface area contributed by atoms with Crippen LogP contribution in [0.2, 0.25) is 0 Å². The van der Waals surface area contributed by atoms with Crippen LogP contribution < -0.4 is 10.6 Å². The third kappa shape index (κ3) is 5.48. The lowest BCUT2D eigenvalue weighted by atomic mass is 9.95. The first kappa shape index (κ1) is 22.7. The highest BCUT2D eigenvalue weighted by Crippen LogP contribution is 2.21. The summed E-state index contributed by atoms with van der Waals surface area (Å²) >= 11 is 0. The van der Waals surface area contributed by atoms with Crippen LogP contribution in [0.3, 0.4) is 0 Å². The number of benzene rings is 2. The van der Waals surface area contributed by atoms with E-state index in [0.29, 0.717) is 16.8 Å². The van der Waals surface area contributed by atoms with Gasteiger partial charge in [0.2, 0.25) is 11.8 Å². The molecule has 1 aliphatic carbocycles. The van der Waals surface area contributed by atoms with E-state index in [1.54, 1.807) is 42.5 Å². The molecule has 0 spiro atoms. The van der Waals surface area contributed by atoms with Gasteiger partial charge in [0.05, 0.1) is 6.54 Å². The van der Waals surface area contributed by atoms with Gasteiger partial charge in [-0.05, 0) is 61.2 Å². The second-order valence-electron chi connectivity index (χ2n) is 8.86. The zero-order valence-electron chi connectivity index (χ0n) is 18.9. The molecular formula is C26H29N3O4. The molecule has 4 amide bonds. The first-order valence-corrected chi connectivity index (χ1v) is 11.6. The van der Waals surface area contributed by atoms with Gasteiger partial charge in [0.25, 0.3) is 11.8 Å². The summed E-state index contributed by atoms with van der Waals surface area (Å²) in [6.07, 6.45) is 6.14. The fraction of sp³-hybridized carbons (Fsp3) is 0.385. The van der Waals surface area contributed by atoms with Crippen molar-refractivity contribution in [2.45, 2.75) is 64.5 Å². The molecule has 2 aromatic carbocycles. The minimum atomic E-state index is -0.266. The molecule has 0 bridgehead atoms. The van der Waals surface area contributed by atoms with Crippen molar-refractivity contribution < 1.29 is 19.2 Å². The van der Waals surface area contributed by atoms with E-state index in [2.05, 4.69) is 10.6 Å². The van der Waals surface area contributed by atoms with Crippen molar-refractivity contribution in [3.05, 3.63) is 64.7 Å². The van der Waals surface area contributed by atoms with Gasteiger partial charge in [-0.25, -0.2) is 0 Å². The zero-order valence-corrected chi connectivity index (χ0v) is 18.9. The molecule has 1 saturated heterocycles. The van der Waals surface area contributed by atoms with Crippen LogP contribution in [0.4, 0.5) is 5.69 Å². The molecule has 2 fully saturated rings. The van der Waals surface area contributed by atoms with Gasteiger partial charge in [0.15, 0.2) is 0 Å². The number of likely N-dealkylation sites (tertiary alicyclic amines) is 1. The molecule has 33 heavy (non-hydrogen) atoms. The Bertz CT molecular complexity index is 1060. The van der Waals surface area contributed by atoms with Gasteiger partial charge in [0.1, 0.15) is 0 Å². The maximum Gasteiger partial charge on any atom is 0.255 e. The third-order valence-electron chi connectivity index (χ3n) is 6.39. The zero-order chi connectivity index (χ0) is 23.4. The largest absolute Gasteiger partial charge is 0.349 e. The standard InChI is InChI=1S/C26H29N3O4/c1-17-15-20(26(33)27-21-5-3-2-4-6-21)11-12-22(17)28-25(32)19-9-7-18(8-10-19)16-29-23(30)13-14-24(29)31/h7-12,15,21H,2-6,13-14,16H2,1H3,(H,27,33)(H,28,32). The topological polar surface area (TPSA) is 95.6 Å². The van der Waals surface area contributed by atoms with E-state index in [-0.39, 0.29) is 49.1 Å². The van der Waals surface area contributed by atoms with E-state index in [9.17, 15) is 19.2 Å². The molecule has 2 aliphatic rings. The number of nitrogens with zero attached hydrogens (tertiary/aromatic N) is 1. The van der Waals surface area contributed by atoms with Crippen molar-refractivity contribution in [2.75, 3.05) is 5.32 Å². The molecule has 1 heterocycles. The van der Waals surface area contributed by atoms with Crippen molar-refractivity contribution >= 4 is 29.3 Å². The number of carbonyl (C=O) groups is 4. The van der Waals surface area contributed by atoms with Crippen LogP contribution >= 0.6 is 0 Å². The number of rotatable bonds is 6. The first-order valence-electron chi connectivity index (χ1n) is 11.6. The minimum absolute atomic E-state index is 0.0755. The monoisotopic (exact) mass is 447 g/mol. The molecule has 2 N–H and O–H groups in total. The lowest BCUT2D eigenvalue weighted by Gasteiger charge is -2.23. The fourth-order valence-corrected chi connectivity index (χ4v) is 4.40. The van der Waals surface area contributed by atoms with Crippen molar-refractivity contribution in [1.82, 2.24) is 10.2 Å². The molecule has 172 valence electrons. The summed E-state index contributed by atoms with van der Waals surface area (Å²) in [5.41, 5.74) is 3.30. The summed E-state index contributed by atoms with van der Waals surface area (Å²) in [6, 6.07) is 12.4. The number of anilines is 1. The summed E-state index contributed by atoms with van der Waals surface area (Å²) in [7, 11) is 0. The fourth-order valence-electron chi connectivity index (χ4n) is 4.40. The van der Waals surface area contributed by atoms with Crippen LogP contribution in [0.1, 0.15) is 76.8 Å². The number of carbonyl (C=O) groups excluding carboxylic acids is 4. The summed E-state index contributed by atoms with van der Waals surface area (Å²) in [4.78, 5) is 50.1. The Morgan fingerprint density at radius 1 is 0.879 bits per heavy atom. The molecule has 7 nitrogen and oxygen atoms in total. The average molecular weight is 448 g/mol. The van der Waals surface area contributed by atoms with Gasteiger partial charge in [-0.2, -0.15) is 0 Å². The maximum absolute atomic E-state index is 12.7. The van der Waals surface area contributed by atoms with Crippen LogP contribution in [0.15, 0.2) is 42.5 Å². The quantitative estimate of drug-likeness (QED) is 0.655. The van der Waals surface area contributed by atoms with Crippen molar-refractivity contribution in [1.29, 1.82) is 0 Å². The highest BCUT2D eigenvalue weighted by atomic mass is 16.2. The molecule has 0 aromatic heterocycles. The van der Waals surface area contributed by atoms with Crippen molar-refractivity contribution in [3.8, 4) is 0 Å². The molecule has 4 rings (SSSR count). The number of nitrogens with one attached hydrogen (secondary N) is 2. The minimum Gasteiger partial charge on any atom is -0.349 e. The Balaban J connectivity index is 1.36. The van der Waals surface area contributed by atoms with Gasteiger partial charge in [-0.3, -0.25) is 24.1 Å². The maximum atomic E-state index is 12.7. The third-order valence-corrected chi connectivity index (χ3v) is 6.39. The first-order chi connectivity index (χ1) is 15.9. The molecule has 0 unspecified atom stereocenters. The summed E-state index contributed by atoms with van der Waals surface area (Å²) < 4.78 is 0. The number of hydrogen-bond donors (Lipinski definition) is 2. The number of aryl methyl sites for hydroxylation is 1. The Kier molecular flexibility index (Phi) is 6.87. The van der Waals surface area contributed by atoms with Gasteiger partial charge in [-0.15, -0.1) is 0 Å². The molecular weight excluding hydrogens is 418 g/mol. The van der Waals surface area contributed by atoms with Gasteiger partial charge in [-0.1, -0.05) is 31.4 Å². The molecule has 0 atom stereocenters. The van der Waals surface area contributed by atoms with E-state index in [4.69, 9.17) is 0 Å². The Morgan fingerprint density at radius 3 is 2.15 bits per heavy atom. The van der Waals surface area contributed by atoms with Crippen LogP contribution in [0.5, 0.6) is 0 Å². The number of amides is 4. The average Bonchev–Trinajstić information content (AvgIpc) is 3.13.